The Morgan fingerprint density at radius 1 is 1.31 bits per heavy atom. The summed E-state index contributed by atoms with van der Waals surface area (Å²) in [5, 5.41) is 0. The van der Waals surface area contributed by atoms with Crippen molar-refractivity contribution >= 4 is 11.8 Å². The number of hydrogen-bond acceptors (Lipinski definition) is 3. The Labute approximate surface area is 103 Å². The van der Waals surface area contributed by atoms with Crippen LogP contribution in [0.4, 0.5) is 0 Å². The molecule has 0 amide bonds. The molecular formula is C13H21NOS. The van der Waals surface area contributed by atoms with E-state index in [1.54, 1.807) is 0 Å². The summed E-state index contributed by atoms with van der Waals surface area (Å²) in [6, 6.07) is 8.19. The van der Waals surface area contributed by atoms with Crippen LogP contribution in [-0.2, 0) is 0 Å². The number of likely N-dealkylation sites (N-methyl/N-ethyl adjacent to an activating group) is 1. The van der Waals surface area contributed by atoms with Gasteiger partial charge in [-0.15, -0.1) is 0 Å². The molecule has 0 saturated carbocycles. The lowest BCUT2D eigenvalue weighted by Crippen LogP contribution is -2.26. The average Bonchev–Trinajstić information content (AvgIpc) is 2.26. The van der Waals surface area contributed by atoms with Crippen LogP contribution in [0.5, 0.6) is 5.75 Å². The fraction of sp³-hybridized carbons (Fsp3) is 0.538. The van der Waals surface area contributed by atoms with Crippen molar-refractivity contribution in [1.29, 1.82) is 0 Å². The molecule has 0 unspecified atom stereocenters. The minimum atomic E-state index is 0.758. The second kappa shape index (κ2) is 7.58. The predicted molar refractivity (Wildman–Crippen MR) is 72.6 cm³/mol. The van der Waals surface area contributed by atoms with Gasteiger partial charge in [-0.3, -0.25) is 0 Å². The topological polar surface area (TPSA) is 12.5 Å². The second-order valence-electron chi connectivity index (χ2n) is 3.96. The molecule has 1 rings (SSSR count). The first-order valence-electron chi connectivity index (χ1n) is 5.59. The Bertz CT molecular complexity index is 304. The van der Waals surface area contributed by atoms with Gasteiger partial charge < -0.3 is 9.64 Å². The third-order valence-corrected chi connectivity index (χ3v) is 3.00. The van der Waals surface area contributed by atoms with Crippen LogP contribution in [0, 0.1) is 6.92 Å². The van der Waals surface area contributed by atoms with Crippen LogP contribution in [-0.4, -0.2) is 43.7 Å². The number of benzene rings is 1. The highest BCUT2D eigenvalue weighted by Gasteiger charge is 1.98. The summed E-state index contributed by atoms with van der Waals surface area (Å²) >= 11 is 1.88. The minimum absolute atomic E-state index is 0.758. The van der Waals surface area contributed by atoms with E-state index in [0.29, 0.717) is 0 Å². The molecule has 0 atom stereocenters. The van der Waals surface area contributed by atoms with Crippen LogP contribution in [0.25, 0.3) is 0 Å². The van der Waals surface area contributed by atoms with Gasteiger partial charge in [0.05, 0.1) is 0 Å². The van der Waals surface area contributed by atoms with Gasteiger partial charge in [0.15, 0.2) is 0 Å². The van der Waals surface area contributed by atoms with E-state index in [0.717, 1.165) is 25.4 Å². The number of aryl methyl sites for hydroxylation is 1. The van der Waals surface area contributed by atoms with Gasteiger partial charge in [-0.1, -0.05) is 12.1 Å². The fourth-order valence-corrected chi connectivity index (χ4v) is 1.88. The summed E-state index contributed by atoms with van der Waals surface area (Å²) in [7, 11) is 2.13. The molecular weight excluding hydrogens is 218 g/mol. The lowest BCUT2D eigenvalue weighted by atomic mass is 10.2. The first-order chi connectivity index (χ1) is 7.72. The summed E-state index contributed by atoms with van der Waals surface area (Å²) in [5.41, 5.74) is 1.24. The molecule has 0 N–H and O–H groups in total. The van der Waals surface area contributed by atoms with Crippen molar-refractivity contribution in [2.24, 2.45) is 0 Å². The van der Waals surface area contributed by atoms with Gasteiger partial charge in [0.25, 0.3) is 0 Å². The standard InChI is InChI=1S/C13H21NOS/c1-12-5-4-6-13(11-12)15-9-7-14(2)8-10-16-3/h4-6,11H,7-10H2,1-3H3. The van der Waals surface area contributed by atoms with Gasteiger partial charge in [0, 0.05) is 18.8 Å². The highest BCUT2D eigenvalue weighted by atomic mass is 32.2. The smallest absolute Gasteiger partial charge is 0.119 e. The molecule has 3 heteroatoms. The molecule has 0 aliphatic rings. The van der Waals surface area contributed by atoms with Crippen molar-refractivity contribution in [3.63, 3.8) is 0 Å². The summed E-state index contributed by atoms with van der Waals surface area (Å²) in [4.78, 5) is 2.30. The number of thioether (sulfide) groups is 1. The lowest BCUT2D eigenvalue weighted by molar-refractivity contribution is 0.245. The van der Waals surface area contributed by atoms with Gasteiger partial charge in [-0.2, -0.15) is 11.8 Å². The third kappa shape index (κ3) is 5.42. The molecule has 0 radical (unpaired) electrons. The SMILES string of the molecule is CSCCN(C)CCOc1cccc(C)c1. The Kier molecular flexibility index (Phi) is 6.34. The third-order valence-electron chi connectivity index (χ3n) is 2.41. The van der Waals surface area contributed by atoms with Crippen molar-refractivity contribution in [2.45, 2.75) is 6.92 Å². The van der Waals surface area contributed by atoms with E-state index in [-0.39, 0.29) is 0 Å². The van der Waals surface area contributed by atoms with Crippen molar-refractivity contribution < 1.29 is 4.74 Å². The molecule has 2 nitrogen and oxygen atoms in total. The van der Waals surface area contributed by atoms with E-state index >= 15 is 0 Å². The normalized spacial score (nSPS) is 10.8. The molecule has 0 fully saturated rings. The zero-order valence-electron chi connectivity index (χ0n) is 10.4. The number of rotatable bonds is 7. The molecule has 0 aliphatic heterocycles. The van der Waals surface area contributed by atoms with Crippen LogP contribution >= 0.6 is 11.8 Å². The zero-order chi connectivity index (χ0) is 11.8. The van der Waals surface area contributed by atoms with Gasteiger partial charge in [0.2, 0.25) is 0 Å². The monoisotopic (exact) mass is 239 g/mol. The number of ether oxygens (including phenoxy) is 1. The van der Waals surface area contributed by atoms with Crippen molar-refractivity contribution in [1.82, 2.24) is 4.90 Å². The van der Waals surface area contributed by atoms with Crippen LogP contribution in [0.1, 0.15) is 5.56 Å². The minimum Gasteiger partial charge on any atom is -0.492 e. The molecule has 0 heterocycles. The fourth-order valence-electron chi connectivity index (χ4n) is 1.38. The first-order valence-corrected chi connectivity index (χ1v) is 6.98. The Morgan fingerprint density at radius 3 is 2.81 bits per heavy atom. The highest BCUT2D eigenvalue weighted by Crippen LogP contribution is 2.11. The Hall–Kier alpha value is -0.670. The van der Waals surface area contributed by atoms with E-state index in [2.05, 4.69) is 37.3 Å². The van der Waals surface area contributed by atoms with E-state index in [9.17, 15) is 0 Å². The van der Waals surface area contributed by atoms with Gasteiger partial charge in [-0.25, -0.2) is 0 Å². The average molecular weight is 239 g/mol. The Morgan fingerprint density at radius 2 is 2.12 bits per heavy atom. The largest absolute Gasteiger partial charge is 0.492 e. The summed E-state index contributed by atoms with van der Waals surface area (Å²) in [6.07, 6.45) is 2.14. The van der Waals surface area contributed by atoms with E-state index in [4.69, 9.17) is 4.74 Å². The molecule has 1 aromatic rings. The number of hydrogen-bond donors (Lipinski definition) is 0. The second-order valence-corrected chi connectivity index (χ2v) is 4.95. The zero-order valence-corrected chi connectivity index (χ0v) is 11.2. The quantitative estimate of drug-likeness (QED) is 0.726. The molecule has 0 saturated heterocycles. The molecule has 1 aromatic carbocycles. The van der Waals surface area contributed by atoms with E-state index in [1.165, 1.54) is 11.3 Å². The van der Waals surface area contributed by atoms with Gasteiger partial charge in [0.1, 0.15) is 12.4 Å². The molecule has 90 valence electrons. The van der Waals surface area contributed by atoms with Crippen molar-refractivity contribution in [2.75, 3.05) is 38.8 Å². The maximum Gasteiger partial charge on any atom is 0.119 e. The van der Waals surface area contributed by atoms with E-state index in [1.807, 2.05) is 23.9 Å². The van der Waals surface area contributed by atoms with Crippen molar-refractivity contribution in [3.05, 3.63) is 29.8 Å². The summed E-state index contributed by atoms with van der Waals surface area (Å²) in [6.45, 7) is 4.94. The van der Waals surface area contributed by atoms with Crippen molar-refractivity contribution in [3.8, 4) is 5.75 Å². The van der Waals surface area contributed by atoms with Crippen LogP contribution in [0.2, 0.25) is 0 Å². The van der Waals surface area contributed by atoms with Crippen LogP contribution in [0.15, 0.2) is 24.3 Å². The molecule has 16 heavy (non-hydrogen) atoms. The van der Waals surface area contributed by atoms with Gasteiger partial charge in [-0.05, 0) is 37.9 Å². The molecule has 0 aromatic heterocycles. The molecule has 0 spiro atoms. The number of nitrogens with zero attached hydrogens (tertiary/aromatic N) is 1. The summed E-state index contributed by atoms with van der Waals surface area (Å²) in [5.74, 6) is 2.15. The highest BCUT2D eigenvalue weighted by molar-refractivity contribution is 7.98. The maximum atomic E-state index is 5.69. The van der Waals surface area contributed by atoms with E-state index < -0.39 is 0 Å². The predicted octanol–water partition coefficient (Wildman–Crippen LogP) is 2.67. The maximum absolute atomic E-state index is 5.69. The summed E-state index contributed by atoms with van der Waals surface area (Å²) < 4.78 is 5.69. The molecule has 0 bridgehead atoms. The first kappa shape index (κ1) is 13.4. The van der Waals surface area contributed by atoms with Crippen LogP contribution in [0.3, 0.4) is 0 Å². The molecule has 0 aliphatic carbocycles. The lowest BCUT2D eigenvalue weighted by Gasteiger charge is -2.16. The Balaban J connectivity index is 2.20. The van der Waals surface area contributed by atoms with Crippen LogP contribution < -0.4 is 4.74 Å². The van der Waals surface area contributed by atoms with Gasteiger partial charge >= 0.3 is 0 Å².